The number of nitrogens with one attached hydrogen (secondary N) is 4. The minimum Gasteiger partial charge on any atom is -0.479 e. The number of ether oxygens (including phenoxy) is 1. The van der Waals surface area contributed by atoms with Crippen LogP contribution in [0.3, 0.4) is 0 Å². The molecule has 4 rings (SSSR count). The first-order valence-electron chi connectivity index (χ1n) is 9.41. The van der Waals surface area contributed by atoms with Crippen molar-refractivity contribution in [3.63, 3.8) is 0 Å². The van der Waals surface area contributed by atoms with Crippen LogP contribution >= 0.6 is 23.2 Å². The fraction of sp³-hybridized carbons (Fsp3) is 0.368. The van der Waals surface area contributed by atoms with E-state index in [-0.39, 0.29) is 0 Å². The van der Waals surface area contributed by atoms with Crippen molar-refractivity contribution < 1.29 is 4.74 Å². The lowest BCUT2D eigenvalue weighted by atomic mass is 10.2. The highest BCUT2D eigenvalue weighted by atomic mass is 35.5. The Labute approximate surface area is 185 Å². The molecule has 0 bridgehead atoms. The summed E-state index contributed by atoms with van der Waals surface area (Å²) >= 11 is 12.1. The number of hydrogen-bond acceptors (Lipinski definition) is 9. The number of nitrogens with zero attached hydrogens (tertiary/aromatic N) is 4. The van der Waals surface area contributed by atoms with E-state index in [1.165, 1.54) is 7.11 Å². The zero-order valence-corrected chi connectivity index (χ0v) is 18.5. The van der Waals surface area contributed by atoms with Crippen LogP contribution in [0, 0.1) is 13.8 Å². The van der Waals surface area contributed by atoms with Gasteiger partial charge in [0.15, 0.2) is 17.1 Å². The fourth-order valence-corrected chi connectivity index (χ4v) is 3.23. The Kier molecular flexibility index (Phi) is 7.53. The lowest BCUT2D eigenvalue weighted by molar-refractivity contribution is 0.398. The van der Waals surface area contributed by atoms with Crippen molar-refractivity contribution in [2.24, 2.45) is 9.98 Å². The van der Waals surface area contributed by atoms with E-state index in [0.717, 1.165) is 48.4 Å². The van der Waals surface area contributed by atoms with Crippen LogP contribution in [0.1, 0.15) is 11.4 Å². The second-order valence-corrected chi connectivity index (χ2v) is 7.26. The maximum absolute atomic E-state index is 6.06. The highest BCUT2D eigenvalue weighted by molar-refractivity contribution is 6.34. The normalized spacial score (nSPS) is 14.6. The van der Waals surface area contributed by atoms with Gasteiger partial charge in [0.05, 0.1) is 30.9 Å². The molecular formula is C19H24Cl2N8O. The number of hydrogen-bond donors (Lipinski definition) is 4. The molecule has 30 heavy (non-hydrogen) atoms. The molecule has 1 aromatic heterocycles. The van der Waals surface area contributed by atoms with E-state index < -0.39 is 0 Å². The van der Waals surface area contributed by atoms with Gasteiger partial charge < -0.3 is 26.0 Å². The molecule has 0 saturated carbocycles. The van der Waals surface area contributed by atoms with Crippen molar-refractivity contribution >= 4 is 46.5 Å². The Morgan fingerprint density at radius 1 is 0.967 bits per heavy atom. The van der Waals surface area contributed by atoms with Gasteiger partial charge in [0.1, 0.15) is 11.5 Å². The molecule has 0 fully saturated rings. The summed E-state index contributed by atoms with van der Waals surface area (Å²) in [5.74, 6) is 2.44. The number of guanidine groups is 2. The zero-order chi connectivity index (χ0) is 21.5. The van der Waals surface area contributed by atoms with E-state index in [0.29, 0.717) is 28.5 Å². The Balaban J connectivity index is 0.000000172. The number of anilines is 2. The van der Waals surface area contributed by atoms with Crippen molar-refractivity contribution in [3.05, 3.63) is 39.8 Å². The largest absolute Gasteiger partial charge is 0.479 e. The van der Waals surface area contributed by atoms with Crippen LogP contribution in [0.4, 0.5) is 11.4 Å². The number of aromatic nitrogens is 2. The molecule has 0 unspecified atom stereocenters. The molecule has 11 heteroatoms. The van der Waals surface area contributed by atoms with Gasteiger partial charge in [-0.3, -0.25) is 9.98 Å². The second kappa shape index (κ2) is 10.3. The highest BCUT2D eigenvalue weighted by Gasteiger charge is 2.15. The molecule has 0 spiro atoms. The molecule has 0 radical (unpaired) electrons. The van der Waals surface area contributed by atoms with Gasteiger partial charge in [0.25, 0.3) is 0 Å². The van der Waals surface area contributed by atoms with Gasteiger partial charge >= 0.3 is 0 Å². The Morgan fingerprint density at radius 3 is 2.20 bits per heavy atom. The number of rotatable bonds is 3. The third-order valence-electron chi connectivity index (χ3n) is 4.11. The highest BCUT2D eigenvalue weighted by Crippen LogP contribution is 2.28. The summed E-state index contributed by atoms with van der Waals surface area (Å²) in [6.07, 6.45) is 0. The number of aliphatic imine (C=N–C) groups is 2. The average Bonchev–Trinajstić information content (AvgIpc) is 3.40. The van der Waals surface area contributed by atoms with Crippen molar-refractivity contribution in [1.29, 1.82) is 0 Å². The van der Waals surface area contributed by atoms with Gasteiger partial charge in [0.2, 0.25) is 5.88 Å². The van der Waals surface area contributed by atoms with Gasteiger partial charge in [-0.25, -0.2) is 4.98 Å². The maximum Gasteiger partial charge on any atom is 0.242 e. The summed E-state index contributed by atoms with van der Waals surface area (Å²) in [4.78, 5) is 16.6. The monoisotopic (exact) mass is 450 g/mol. The number of aryl methyl sites for hydroxylation is 2. The third-order valence-corrected chi connectivity index (χ3v) is 4.69. The van der Waals surface area contributed by atoms with Crippen molar-refractivity contribution in [1.82, 2.24) is 20.6 Å². The van der Waals surface area contributed by atoms with Gasteiger partial charge in [-0.15, -0.1) is 0 Å². The molecule has 1 aromatic carbocycles. The standard InChI is InChI=1S/C10H12ClN3.C9H12ClN5O/c1-7-2-3-9(8(11)6-7)14-10-12-4-5-13-10;1-5-13-7(10)6(8(14-5)16-2)15-9-11-3-4-12-9/h2-3,6H,4-5H2,1H3,(H2,12,13,14);3-4H2,1-2H3,(H2,11,12,15). The van der Waals surface area contributed by atoms with Crippen LogP contribution in [0.15, 0.2) is 28.2 Å². The fourth-order valence-electron chi connectivity index (χ4n) is 2.70. The van der Waals surface area contributed by atoms with E-state index in [9.17, 15) is 0 Å². The summed E-state index contributed by atoms with van der Waals surface area (Å²) in [6.45, 7) is 7.05. The first kappa shape index (κ1) is 21.9. The molecule has 160 valence electrons. The summed E-state index contributed by atoms with van der Waals surface area (Å²) in [6, 6.07) is 5.91. The van der Waals surface area contributed by atoms with Crippen molar-refractivity contribution in [2.45, 2.75) is 13.8 Å². The van der Waals surface area contributed by atoms with Crippen LogP contribution in [0.5, 0.6) is 5.88 Å². The van der Waals surface area contributed by atoms with Crippen LogP contribution in [-0.4, -0.2) is 55.2 Å². The summed E-state index contributed by atoms with van der Waals surface area (Å²) < 4.78 is 5.14. The van der Waals surface area contributed by atoms with Crippen molar-refractivity contribution in [2.75, 3.05) is 43.9 Å². The Bertz CT molecular complexity index is 964. The number of halogens is 2. The first-order chi connectivity index (χ1) is 14.5. The van der Waals surface area contributed by atoms with Gasteiger partial charge in [-0.1, -0.05) is 29.3 Å². The zero-order valence-electron chi connectivity index (χ0n) is 17.0. The Morgan fingerprint density at radius 2 is 1.63 bits per heavy atom. The third kappa shape index (κ3) is 5.87. The van der Waals surface area contributed by atoms with E-state index in [1.54, 1.807) is 6.92 Å². The average molecular weight is 451 g/mol. The molecule has 3 heterocycles. The van der Waals surface area contributed by atoms with Gasteiger partial charge in [-0.05, 0) is 31.5 Å². The van der Waals surface area contributed by atoms with E-state index in [2.05, 4.69) is 41.2 Å². The van der Waals surface area contributed by atoms with Crippen LogP contribution in [0.2, 0.25) is 10.2 Å². The molecule has 0 aliphatic carbocycles. The minimum absolute atomic E-state index is 0.320. The van der Waals surface area contributed by atoms with Crippen LogP contribution in [-0.2, 0) is 0 Å². The lowest BCUT2D eigenvalue weighted by Crippen LogP contribution is -2.26. The Hall–Kier alpha value is -2.78. The molecule has 0 amide bonds. The van der Waals surface area contributed by atoms with Crippen LogP contribution < -0.4 is 26.0 Å². The molecule has 0 saturated heterocycles. The lowest BCUT2D eigenvalue weighted by Gasteiger charge is -2.11. The van der Waals surface area contributed by atoms with Crippen LogP contribution in [0.25, 0.3) is 0 Å². The molecule has 0 atom stereocenters. The quantitative estimate of drug-likeness (QED) is 0.532. The number of methoxy groups -OCH3 is 1. The first-order valence-corrected chi connectivity index (χ1v) is 10.2. The summed E-state index contributed by atoms with van der Waals surface area (Å²) in [5, 5.41) is 13.4. The minimum atomic E-state index is 0.320. The topological polar surface area (TPSA) is 108 Å². The van der Waals surface area contributed by atoms with E-state index >= 15 is 0 Å². The summed E-state index contributed by atoms with van der Waals surface area (Å²) in [7, 11) is 1.53. The van der Waals surface area contributed by atoms with E-state index in [4.69, 9.17) is 27.9 Å². The summed E-state index contributed by atoms with van der Waals surface area (Å²) in [5.41, 5.74) is 2.58. The molecule has 2 aromatic rings. The number of benzene rings is 1. The molecule has 2 aliphatic rings. The molecular weight excluding hydrogens is 427 g/mol. The predicted molar refractivity (Wildman–Crippen MR) is 122 cm³/mol. The maximum atomic E-state index is 6.06. The molecule has 4 N–H and O–H groups in total. The van der Waals surface area contributed by atoms with E-state index in [1.807, 2.05) is 25.1 Å². The molecule has 9 nitrogen and oxygen atoms in total. The van der Waals surface area contributed by atoms with Gasteiger partial charge in [-0.2, -0.15) is 4.98 Å². The smallest absolute Gasteiger partial charge is 0.242 e. The van der Waals surface area contributed by atoms with Gasteiger partial charge in [0, 0.05) is 13.1 Å². The second-order valence-electron chi connectivity index (χ2n) is 6.49. The SMILES string of the molecule is COc1nc(C)nc(Cl)c1NC1=NCCN1.Cc1ccc(NC2=NCCN2)c(Cl)c1. The van der Waals surface area contributed by atoms with Crippen molar-refractivity contribution in [3.8, 4) is 5.88 Å². The predicted octanol–water partition coefficient (Wildman–Crippen LogP) is 2.84. The molecule has 2 aliphatic heterocycles.